The Morgan fingerprint density at radius 3 is 2.54 bits per heavy atom. The largest absolute Gasteiger partial charge is 0.456 e. The predicted octanol–water partition coefficient (Wildman–Crippen LogP) is 4.05. The van der Waals surface area contributed by atoms with E-state index < -0.39 is 11.7 Å². The summed E-state index contributed by atoms with van der Waals surface area (Å²) < 4.78 is 44.4. The molecule has 2 aliphatic heterocycles. The highest BCUT2D eigenvalue weighted by atomic mass is 19.4. The number of halogens is 3. The molecule has 0 bridgehead atoms. The van der Waals surface area contributed by atoms with Crippen LogP contribution in [0.1, 0.15) is 16.7 Å². The average Bonchev–Trinajstić information content (AvgIpc) is 3.05. The summed E-state index contributed by atoms with van der Waals surface area (Å²) in [5.41, 5.74) is 2.08. The highest BCUT2D eigenvalue weighted by Crippen LogP contribution is 2.38. The quantitative estimate of drug-likeness (QED) is 0.764. The van der Waals surface area contributed by atoms with Gasteiger partial charge in [0.05, 0.1) is 18.2 Å². The van der Waals surface area contributed by atoms with Crippen molar-refractivity contribution in [3.63, 3.8) is 0 Å². The van der Waals surface area contributed by atoms with Gasteiger partial charge in [0, 0.05) is 16.7 Å². The van der Waals surface area contributed by atoms with Crippen LogP contribution in [0.15, 0.2) is 59.2 Å². The lowest BCUT2D eigenvalue weighted by atomic mass is 9.95. The Morgan fingerprint density at radius 1 is 1.12 bits per heavy atom. The molecule has 0 unspecified atom stereocenters. The van der Waals surface area contributed by atoms with Gasteiger partial charge in [0.15, 0.2) is 0 Å². The van der Waals surface area contributed by atoms with Crippen molar-refractivity contribution in [2.45, 2.75) is 6.18 Å². The van der Waals surface area contributed by atoms with Crippen LogP contribution in [0.25, 0.3) is 5.76 Å². The number of hydrazone groups is 1. The van der Waals surface area contributed by atoms with Crippen LogP contribution in [-0.2, 0) is 6.18 Å². The Bertz CT molecular complexity index is 969. The van der Waals surface area contributed by atoms with Crippen molar-refractivity contribution in [2.24, 2.45) is 5.10 Å². The first-order valence-corrected chi connectivity index (χ1v) is 7.86. The summed E-state index contributed by atoms with van der Waals surface area (Å²) in [7, 11) is 0. The van der Waals surface area contributed by atoms with E-state index in [1.807, 2.05) is 18.2 Å². The van der Waals surface area contributed by atoms with Gasteiger partial charge in [-0.1, -0.05) is 24.3 Å². The Kier molecular flexibility index (Phi) is 3.69. The van der Waals surface area contributed by atoms with Gasteiger partial charge in [-0.05, 0) is 24.3 Å². The van der Waals surface area contributed by atoms with E-state index in [0.717, 1.165) is 23.3 Å². The van der Waals surface area contributed by atoms with Crippen molar-refractivity contribution >= 4 is 11.5 Å². The van der Waals surface area contributed by atoms with Gasteiger partial charge in [-0.25, -0.2) is 0 Å². The summed E-state index contributed by atoms with van der Waals surface area (Å²) in [6.45, 7) is 0.489. The van der Waals surface area contributed by atoms with Gasteiger partial charge in [-0.15, -0.1) is 0 Å². The fourth-order valence-electron chi connectivity index (χ4n) is 3.03. The number of fused-ring (bicyclic) bond motifs is 3. The molecule has 0 atom stereocenters. The lowest BCUT2D eigenvalue weighted by Gasteiger charge is -2.22. The van der Waals surface area contributed by atoms with E-state index in [4.69, 9.17) is 10.00 Å². The lowest BCUT2D eigenvalue weighted by Crippen LogP contribution is -2.19. The fourth-order valence-corrected chi connectivity index (χ4v) is 3.03. The molecule has 4 rings (SSSR count). The topological polar surface area (TPSA) is 48.6 Å². The molecule has 2 aromatic carbocycles. The van der Waals surface area contributed by atoms with E-state index >= 15 is 0 Å². The highest BCUT2D eigenvalue weighted by molar-refractivity contribution is 6.20. The average molecular weight is 355 g/mol. The number of ether oxygens (including phenoxy) is 1. The number of para-hydroxylation sites is 1. The van der Waals surface area contributed by atoms with Crippen LogP contribution < -0.4 is 4.74 Å². The SMILES string of the molecule is N#CCN1CC2=C(c3ccc(C(F)(F)F)cc3)Oc3ccccc3C2=N1. The Balaban J connectivity index is 1.80. The third-order valence-electron chi connectivity index (χ3n) is 4.22. The molecule has 0 saturated carbocycles. The van der Waals surface area contributed by atoms with E-state index in [2.05, 4.69) is 11.2 Å². The molecular weight excluding hydrogens is 343 g/mol. The summed E-state index contributed by atoms with van der Waals surface area (Å²) in [4.78, 5) is 0. The second kappa shape index (κ2) is 5.92. The van der Waals surface area contributed by atoms with E-state index in [-0.39, 0.29) is 6.54 Å². The second-order valence-corrected chi connectivity index (χ2v) is 5.91. The van der Waals surface area contributed by atoms with Gasteiger partial charge >= 0.3 is 6.18 Å². The minimum Gasteiger partial charge on any atom is -0.456 e. The Hall–Kier alpha value is -3.27. The van der Waals surface area contributed by atoms with Crippen molar-refractivity contribution < 1.29 is 17.9 Å². The zero-order chi connectivity index (χ0) is 18.3. The molecule has 4 nitrogen and oxygen atoms in total. The monoisotopic (exact) mass is 355 g/mol. The molecule has 2 aromatic rings. The minimum atomic E-state index is -4.39. The van der Waals surface area contributed by atoms with Gasteiger partial charge in [-0.3, -0.25) is 5.01 Å². The van der Waals surface area contributed by atoms with Gasteiger partial charge in [0.25, 0.3) is 0 Å². The van der Waals surface area contributed by atoms with Gasteiger partial charge in [0.1, 0.15) is 23.8 Å². The molecule has 0 amide bonds. The van der Waals surface area contributed by atoms with Crippen LogP contribution in [-0.4, -0.2) is 23.8 Å². The molecule has 0 spiro atoms. The van der Waals surface area contributed by atoms with Crippen LogP contribution in [0.2, 0.25) is 0 Å². The maximum atomic E-state index is 12.8. The molecule has 7 heteroatoms. The first kappa shape index (κ1) is 16.2. The third kappa shape index (κ3) is 2.69. The van der Waals surface area contributed by atoms with E-state index in [1.165, 1.54) is 12.1 Å². The number of rotatable bonds is 2. The van der Waals surface area contributed by atoms with Crippen LogP contribution in [0.4, 0.5) is 13.2 Å². The summed E-state index contributed by atoms with van der Waals surface area (Å²) in [6, 6.07) is 14.2. The van der Waals surface area contributed by atoms with E-state index in [9.17, 15) is 13.2 Å². The van der Waals surface area contributed by atoms with Crippen LogP contribution in [0.5, 0.6) is 5.75 Å². The molecule has 0 aliphatic carbocycles. The molecule has 0 aromatic heterocycles. The van der Waals surface area contributed by atoms with Crippen LogP contribution >= 0.6 is 0 Å². The van der Waals surface area contributed by atoms with Crippen molar-refractivity contribution in [1.82, 2.24) is 5.01 Å². The first-order chi connectivity index (χ1) is 12.5. The molecule has 2 heterocycles. The lowest BCUT2D eigenvalue weighted by molar-refractivity contribution is -0.137. The molecule has 130 valence electrons. The summed E-state index contributed by atoms with van der Waals surface area (Å²) in [6.07, 6.45) is -4.39. The summed E-state index contributed by atoms with van der Waals surface area (Å²) in [5, 5.41) is 15.0. The maximum absolute atomic E-state index is 12.8. The third-order valence-corrected chi connectivity index (χ3v) is 4.22. The maximum Gasteiger partial charge on any atom is 0.416 e. The van der Waals surface area contributed by atoms with E-state index in [1.54, 1.807) is 11.1 Å². The zero-order valence-corrected chi connectivity index (χ0v) is 13.4. The number of nitriles is 1. The predicted molar refractivity (Wildman–Crippen MR) is 89.2 cm³/mol. The number of benzene rings is 2. The van der Waals surface area contributed by atoms with Gasteiger partial charge in [0.2, 0.25) is 0 Å². The van der Waals surface area contributed by atoms with Gasteiger partial charge < -0.3 is 4.74 Å². The van der Waals surface area contributed by atoms with Gasteiger partial charge in [-0.2, -0.15) is 23.5 Å². The van der Waals surface area contributed by atoms with Crippen molar-refractivity contribution in [3.8, 4) is 11.8 Å². The standard InChI is InChI=1S/C19H12F3N3O/c20-19(21,22)13-7-5-12(6-8-13)18-15-11-25(10-9-23)24-17(15)14-3-1-2-4-16(14)26-18/h1-8H,10-11H2. The molecule has 2 aliphatic rings. The first-order valence-electron chi connectivity index (χ1n) is 7.86. The van der Waals surface area contributed by atoms with Crippen molar-refractivity contribution in [1.29, 1.82) is 5.26 Å². The van der Waals surface area contributed by atoms with Crippen LogP contribution in [0, 0.1) is 11.3 Å². The molecule has 26 heavy (non-hydrogen) atoms. The normalized spacial score (nSPS) is 15.8. The number of hydrogen-bond acceptors (Lipinski definition) is 4. The molecular formula is C19H12F3N3O. The molecule has 0 fully saturated rings. The second-order valence-electron chi connectivity index (χ2n) is 5.91. The zero-order valence-electron chi connectivity index (χ0n) is 13.4. The number of alkyl halides is 3. The molecule has 0 N–H and O–H groups in total. The molecule has 0 radical (unpaired) electrons. The minimum absolute atomic E-state index is 0.120. The molecule has 0 saturated heterocycles. The summed E-state index contributed by atoms with van der Waals surface area (Å²) >= 11 is 0. The van der Waals surface area contributed by atoms with Crippen LogP contribution in [0.3, 0.4) is 0 Å². The Morgan fingerprint density at radius 2 is 1.85 bits per heavy atom. The fraction of sp³-hybridized carbons (Fsp3) is 0.158. The number of nitrogens with zero attached hydrogens (tertiary/aromatic N) is 3. The van der Waals surface area contributed by atoms with Crippen molar-refractivity contribution in [3.05, 3.63) is 70.8 Å². The van der Waals surface area contributed by atoms with E-state index in [0.29, 0.717) is 29.3 Å². The number of hydrogen-bond donors (Lipinski definition) is 0. The van der Waals surface area contributed by atoms with Crippen molar-refractivity contribution in [2.75, 3.05) is 13.1 Å². The highest BCUT2D eigenvalue weighted by Gasteiger charge is 2.34. The Labute approximate surface area is 147 Å². The summed E-state index contributed by atoms with van der Waals surface area (Å²) in [5.74, 6) is 1.06. The smallest absolute Gasteiger partial charge is 0.416 e.